The lowest BCUT2D eigenvalue weighted by Crippen LogP contribution is -2.64. The van der Waals surface area contributed by atoms with Gasteiger partial charge in [-0.05, 0) is 12.8 Å². The number of hydrogen-bond donors (Lipinski definition) is 0. The molecule has 0 atom stereocenters. The first-order valence-electron chi connectivity index (χ1n) is 10.2. The van der Waals surface area contributed by atoms with Crippen LogP contribution < -0.4 is 4.90 Å². The fourth-order valence-electron chi connectivity index (χ4n) is 4.97. The molecule has 140 valence electrons. The van der Waals surface area contributed by atoms with Crippen LogP contribution in [0.3, 0.4) is 0 Å². The quantitative estimate of drug-likeness (QED) is 0.832. The topological polar surface area (TPSA) is 53.3 Å². The largest absolute Gasteiger partial charge is 0.353 e. The molecular formula is C19H29N7. The highest BCUT2D eigenvalue weighted by molar-refractivity contribution is 5.87. The van der Waals surface area contributed by atoms with Crippen LogP contribution in [0.4, 0.5) is 5.82 Å². The van der Waals surface area contributed by atoms with Crippen molar-refractivity contribution in [1.82, 2.24) is 29.5 Å². The first kappa shape index (κ1) is 16.4. The monoisotopic (exact) mass is 355 g/mol. The molecule has 2 aliphatic heterocycles. The number of nitrogens with zero attached hydrogens (tertiary/aromatic N) is 7. The molecule has 4 heterocycles. The average Bonchev–Trinajstić information content (AvgIpc) is 3.04. The van der Waals surface area contributed by atoms with Crippen molar-refractivity contribution in [2.24, 2.45) is 7.05 Å². The van der Waals surface area contributed by atoms with Crippen molar-refractivity contribution in [3.8, 4) is 0 Å². The third-order valence-electron chi connectivity index (χ3n) is 6.63. The number of fused-ring (bicyclic) bond motifs is 1. The number of anilines is 1. The van der Waals surface area contributed by atoms with E-state index in [0.29, 0.717) is 6.04 Å². The van der Waals surface area contributed by atoms with Crippen molar-refractivity contribution in [3.63, 3.8) is 0 Å². The summed E-state index contributed by atoms with van der Waals surface area (Å²) in [5, 5.41) is 5.40. The van der Waals surface area contributed by atoms with Crippen LogP contribution in [-0.4, -0.2) is 80.9 Å². The van der Waals surface area contributed by atoms with Gasteiger partial charge < -0.3 is 4.90 Å². The van der Waals surface area contributed by atoms with Crippen LogP contribution in [0.2, 0.25) is 0 Å². The van der Waals surface area contributed by atoms with Crippen molar-refractivity contribution in [2.75, 3.05) is 44.2 Å². The highest BCUT2D eigenvalue weighted by Crippen LogP contribution is 2.29. The second-order valence-corrected chi connectivity index (χ2v) is 8.13. The molecule has 0 N–H and O–H groups in total. The summed E-state index contributed by atoms with van der Waals surface area (Å²) in [5.74, 6) is 1.04. The number of aromatic nitrogens is 4. The van der Waals surface area contributed by atoms with E-state index in [1.165, 1.54) is 58.3 Å². The summed E-state index contributed by atoms with van der Waals surface area (Å²) < 4.78 is 1.82. The van der Waals surface area contributed by atoms with Gasteiger partial charge in [0.25, 0.3) is 0 Å². The normalized spacial score (nSPS) is 24.3. The molecule has 5 rings (SSSR count). The molecule has 0 radical (unpaired) electrons. The molecule has 2 saturated heterocycles. The third-order valence-corrected chi connectivity index (χ3v) is 6.63. The Kier molecular flexibility index (Phi) is 4.29. The predicted molar refractivity (Wildman–Crippen MR) is 102 cm³/mol. The molecule has 26 heavy (non-hydrogen) atoms. The van der Waals surface area contributed by atoms with Crippen molar-refractivity contribution in [3.05, 3.63) is 12.5 Å². The standard InChI is InChI=1S/C19H29N7/c1-23-18-17(11-22-23)19(21-14-20-18)26-12-16(13-26)25-9-7-24(8-10-25)15-5-3-2-4-6-15/h11,14-16H,2-10,12-13H2,1H3. The van der Waals surface area contributed by atoms with Gasteiger partial charge in [0.15, 0.2) is 5.65 Å². The summed E-state index contributed by atoms with van der Waals surface area (Å²) in [6.07, 6.45) is 10.7. The average molecular weight is 355 g/mol. The SMILES string of the molecule is Cn1ncc2c(N3CC(N4CCN(C5CCCCC5)CC4)C3)ncnc21. The zero-order valence-electron chi connectivity index (χ0n) is 15.7. The van der Waals surface area contributed by atoms with E-state index in [1.54, 1.807) is 6.33 Å². The van der Waals surface area contributed by atoms with Crippen LogP contribution in [0.15, 0.2) is 12.5 Å². The summed E-state index contributed by atoms with van der Waals surface area (Å²) in [6.45, 7) is 7.10. The van der Waals surface area contributed by atoms with Crippen molar-refractivity contribution in [2.45, 2.75) is 44.2 Å². The van der Waals surface area contributed by atoms with Crippen LogP contribution in [0.1, 0.15) is 32.1 Å². The molecule has 3 aliphatic rings. The maximum Gasteiger partial charge on any atom is 0.163 e. The highest BCUT2D eigenvalue weighted by atomic mass is 15.4. The molecule has 7 heteroatoms. The summed E-state index contributed by atoms with van der Waals surface area (Å²) in [7, 11) is 1.93. The van der Waals surface area contributed by atoms with Crippen LogP contribution in [0.5, 0.6) is 0 Å². The van der Waals surface area contributed by atoms with Crippen LogP contribution in [0.25, 0.3) is 11.0 Å². The maximum absolute atomic E-state index is 4.53. The highest BCUT2D eigenvalue weighted by Gasteiger charge is 2.36. The summed E-state index contributed by atoms with van der Waals surface area (Å²) in [4.78, 5) is 16.7. The molecule has 0 aromatic carbocycles. The Morgan fingerprint density at radius 2 is 1.58 bits per heavy atom. The Bertz CT molecular complexity index is 752. The lowest BCUT2D eigenvalue weighted by Gasteiger charge is -2.49. The van der Waals surface area contributed by atoms with E-state index in [2.05, 4.69) is 29.8 Å². The van der Waals surface area contributed by atoms with Crippen molar-refractivity contribution < 1.29 is 0 Å². The lowest BCUT2D eigenvalue weighted by atomic mass is 9.93. The molecule has 2 aromatic heterocycles. The Hall–Kier alpha value is -1.73. The molecule has 0 bridgehead atoms. The van der Waals surface area contributed by atoms with Gasteiger partial charge in [-0.1, -0.05) is 19.3 Å². The van der Waals surface area contributed by atoms with Crippen LogP contribution in [-0.2, 0) is 7.05 Å². The van der Waals surface area contributed by atoms with E-state index in [4.69, 9.17) is 0 Å². The number of rotatable bonds is 3. The molecule has 0 unspecified atom stereocenters. The van der Waals surface area contributed by atoms with Gasteiger partial charge in [-0.3, -0.25) is 14.5 Å². The summed E-state index contributed by atoms with van der Waals surface area (Å²) in [6, 6.07) is 1.54. The van der Waals surface area contributed by atoms with Gasteiger partial charge in [-0.25, -0.2) is 9.97 Å². The number of piperazine rings is 1. The maximum atomic E-state index is 4.53. The lowest BCUT2D eigenvalue weighted by molar-refractivity contribution is 0.0487. The van der Waals surface area contributed by atoms with Crippen LogP contribution >= 0.6 is 0 Å². The van der Waals surface area contributed by atoms with E-state index >= 15 is 0 Å². The molecular weight excluding hydrogens is 326 g/mol. The van der Waals surface area contributed by atoms with Crippen molar-refractivity contribution in [1.29, 1.82) is 0 Å². The molecule has 2 aromatic rings. The fraction of sp³-hybridized carbons (Fsp3) is 0.737. The van der Waals surface area contributed by atoms with Gasteiger partial charge in [0.05, 0.1) is 11.6 Å². The molecule has 1 aliphatic carbocycles. The Morgan fingerprint density at radius 1 is 0.885 bits per heavy atom. The van der Waals surface area contributed by atoms with Crippen LogP contribution in [0, 0.1) is 0 Å². The second-order valence-electron chi connectivity index (χ2n) is 8.13. The predicted octanol–water partition coefficient (Wildman–Crippen LogP) is 1.50. The van der Waals surface area contributed by atoms with E-state index in [0.717, 1.165) is 36.0 Å². The van der Waals surface area contributed by atoms with E-state index in [9.17, 15) is 0 Å². The fourth-order valence-corrected chi connectivity index (χ4v) is 4.97. The van der Waals surface area contributed by atoms with Gasteiger partial charge >= 0.3 is 0 Å². The smallest absolute Gasteiger partial charge is 0.163 e. The van der Waals surface area contributed by atoms with E-state index in [1.807, 2.05) is 17.9 Å². The zero-order valence-corrected chi connectivity index (χ0v) is 15.7. The number of aryl methyl sites for hydroxylation is 1. The minimum absolute atomic E-state index is 0.671. The first-order valence-corrected chi connectivity index (χ1v) is 10.2. The van der Waals surface area contributed by atoms with Crippen molar-refractivity contribution >= 4 is 16.9 Å². The minimum Gasteiger partial charge on any atom is -0.353 e. The molecule has 7 nitrogen and oxygen atoms in total. The first-order chi connectivity index (χ1) is 12.8. The molecule has 3 fully saturated rings. The molecule has 0 amide bonds. The third kappa shape index (κ3) is 2.87. The van der Waals surface area contributed by atoms with Gasteiger partial charge in [0.1, 0.15) is 12.1 Å². The molecule has 0 spiro atoms. The van der Waals surface area contributed by atoms with Gasteiger partial charge in [-0.15, -0.1) is 0 Å². The second kappa shape index (κ2) is 6.78. The minimum atomic E-state index is 0.671. The number of hydrogen-bond acceptors (Lipinski definition) is 6. The molecule has 1 saturated carbocycles. The van der Waals surface area contributed by atoms with E-state index < -0.39 is 0 Å². The Morgan fingerprint density at radius 3 is 2.31 bits per heavy atom. The summed E-state index contributed by atoms with van der Waals surface area (Å²) >= 11 is 0. The zero-order chi connectivity index (χ0) is 17.5. The van der Waals surface area contributed by atoms with Gasteiger partial charge in [0.2, 0.25) is 0 Å². The Balaban J connectivity index is 1.17. The Labute approximate surface area is 155 Å². The van der Waals surface area contributed by atoms with Gasteiger partial charge in [-0.2, -0.15) is 5.10 Å². The summed E-state index contributed by atoms with van der Waals surface area (Å²) in [5.41, 5.74) is 0.916. The van der Waals surface area contributed by atoms with E-state index in [-0.39, 0.29) is 0 Å². The van der Waals surface area contributed by atoms with Gasteiger partial charge in [0, 0.05) is 58.4 Å².